The molecule has 3 rings (SSSR count). The Kier molecular flexibility index (Phi) is 38.9. The third-order valence-electron chi connectivity index (χ3n) is 16.6. The summed E-state index contributed by atoms with van der Waals surface area (Å²) in [5.41, 5.74) is -4.61. The van der Waals surface area contributed by atoms with Crippen LogP contribution < -0.4 is 0 Å². The third kappa shape index (κ3) is 25.1. The van der Waals surface area contributed by atoms with E-state index in [0.29, 0.717) is 51.3 Å². The van der Waals surface area contributed by atoms with Gasteiger partial charge in [-0.25, -0.2) is 0 Å². The summed E-state index contributed by atoms with van der Waals surface area (Å²) in [5, 5.41) is 141. The van der Waals surface area contributed by atoms with Crippen LogP contribution in [0.25, 0.3) is 0 Å². The van der Waals surface area contributed by atoms with Crippen LogP contribution in [0.2, 0.25) is 0 Å². The summed E-state index contributed by atoms with van der Waals surface area (Å²) >= 11 is 0. The molecule has 15 N–H and O–H groups in total. The molecule has 76 heavy (non-hydrogen) atoms. The molecule has 21 nitrogen and oxygen atoms in total. The standard InChI is InChI=1S/C20H40O6.C19H38O7.C16H32O8/c1-3-9-19(11-21,12-22)15-25-17-5-7-18(8-6-17)26-16-20(13-23,14-24)10-4-2;1-2-18(9-20,10-21)14-25-7-16-3-5-17(6-4-16)8-26-15-19(11-22,12-23)13-24;17-5-15(6-18,7-19)11-23-13-1-2-14(4-3-13)24-12-16(8-20,9-21)10-22/h17-18,21-24H,3-16H2,1-2H3;16-17,20-24H,2-15H2,1H3;13-14,17-22H,1-12H2. The van der Waals surface area contributed by atoms with E-state index in [1.54, 1.807) is 0 Å². The maximum atomic E-state index is 9.61. The van der Waals surface area contributed by atoms with Crippen molar-refractivity contribution in [2.45, 2.75) is 154 Å². The van der Waals surface area contributed by atoms with Gasteiger partial charge in [0.15, 0.2) is 0 Å². The number of rotatable bonds is 40. The largest absolute Gasteiger partial charge is 0.396 e. The van der Waals surface area contributed by atoms with Gasteiger partial charge in [0, 0.05) is 29.5 Å². The molecular formula is C55H110O21. The number of hydrogen-bond donors (Lipinski definition) is 15. The normalized spacial score (nSPS) is 22.2. The predicted octanol–water partition coefficient (Wildman–Crippen LogP) is 0.301. The molecule has 456 valence electrons. The molecular weight excluding hydrogens is 997 g/mol. The Bertz CT molecular complexity index is 1200. The molecule has 3 aliphatic carbocycles. The van der Waals surface area contributed by atoms with Gasteiger partial charge in [0.2, 0.25) is 0 Å². The lowest BCUT2D eigenvalue weighted by Gasteiger charge is -2.35. The maximum Gasteiger partial charge on any atom is 0.0629 e. The molecule has 21 heteroatoms. The molecule has 0 amide bonds. The number of aliphatic hydroxyl groups excluding tert-OH is 15. The lowest BCUT2D eigenvalue weighted by molar-refractivity contribution is -0.113. The Morgan fingerprint density at radius 1 is 0.276 bits per heavy atom. The highest BCUT2D eigenvalue weighted by molar-refractivity contribution is 4.85. The van der Waals surface area contributed by atoms with E-state index in [4.69, 9.17) is 28.4 Å². The van der Waals surface area contributed by atoms with Gasteiger partial charge in [-0.1, -0.05) is 33.6 Å². The van der Waals surface area contributed by atoms with Crippen LogP contribution >= 0.6 is 0 Å². The Morgan fingerprint density at radius 3 is 0.697 bits per heavy atom. The number of hydrogen-bond acceptors (Lipinski definition) is 21. The fraction of sp³-hybridized carbons (Fsp3) is 1.00. The molecule has 0 atom stereocenters. The van der Waals surface area contributed by atoms with Crippen molar-refractivity contribution in [2.24, 2.45) is 44.3 Å². The topological polar surface area (TPSA) is 359 Å². The zero-order valence-electron chi connectivity index (χ0n) is 46.9. The van der Waals surface area contributed by atoms with Crippen LogP contribution in [0.4, 0.5) is 0 Å². The van der Waals surface area contributed by atoms with Crippen molar-refractivity contribution in [3.63, 3.8) is 0 Å². The first-order valence-electron chi connectivity index (χ1n) is 28.3. The second-order valence-corrected chi connectivity index (χ2v) is 23.2. The van der Waals surface area contributed by atoms with E-state index < -0.39 is 32.5 Å². The summed E-state index contributed by atoms with van der Waals surface area (Å²) < 4.78 is 34.9. The van der Waals surface area contributed by atoms with E-state index in [-0.39, 0.29) is 143 Å². The molecule has 0 spiro atoms. The molecule has 0 aliphatic heterocycles. The Balaban J connectivity index is 0.000000571. The highest BCUT2D eigenvalue weighted by atomic mass is 16.5. The third-order valence-corrected chi connectivity index (χ3v) is 16.6. The van der Waals surface area contributed by atoms with Gasteiger partial charge < -0.3 is 105 Å². The highest BCUT2D eigenvalue weighted by Crippen LogP contribution is 2.33. The molecule has 0 radical (unpaired) electrons. The summed E-state index contributed by atoms with van der Waals surface area (Å²) in [6.07, 6.45) is 14.9. The summed E-state index contributed by atoms with van der Waals surface area (Å²) in [4.78, 5) is 0. The van der Waals surface area contributed by atoms with E-state index in [0.717, 1.165) is 103 Å². The smallest absolute Gasteiger partial charge is 0.0629 e. The minimum Gasteiger partial charge on any atom is -0.396 e. The van der Waals surface area contributed by atoms with E-state index >= 15 is 0 Å². The van der Waals surface area contributed by atoms with Gasteiger partial charge in [0.05, 0.1) is 179 Å². The summed E-state index contributed by atoms with van der Waals surface area (Å²) in [5.74, 6) is 0.939. The Hall–Kier alpha value is -0.840. The average Bonchev–Trinajstić information content (AvgIpc) is 3.48. The molecule has 3 saturated carbocycles. The van der Waals surface area contributed by atoms with Crippen molar-refractivity contribution in [3.05, 3.63) is 0 Å². The van der Waals surface area contributed by atoms with Crippen molar-refractivity contribution in [1.82, 2.24) is 0 Å². The minimum atomic E-state index is -1.02. The zero-order valence-corrected chi connectivity index (χ0v) is 46.9. The minimum absolute atomic E-state index is 0.0212. The molecule has 0 aromatic rings. The fourth-order valence-electron chi connectivity index (χ4n) is 9.49. The maximum absolute atomic E-state index is 9.61. The van der Waals surface area contributed by atoms with Crippen LogP contribution in [0.5, 0.6) is 0 Å². The van der Waals surface area contributed by atoms with Gasteiger partial charge in [-0.05, 0) is 108 Å². The van der Waals surface area contributed by atoms with Crippen LogP contribution in [-0.2, 0) is 28.4 Å². The quantitative estimate of drug-likeness (QED) is 0.0392. The number of aliphatic hydroxyl groups is 15. The molecule has 0 aromatic carbocycles. The van der Waals surface area contributed by atoms with Gasteiger partial charge in [-0.15, -0.1) is 0 Å². The van der Waals surface area contributed by atoms with Crippen molar-refractivity contribution < 1.29 is 105 Å². The molecule has 0 unspecified atom stereocenters. The highest BCUT2D eigenvalue weighted by Gasteiger charge is 2.36. The van der Waals surface area contributed by atoms with Crippen molar-refractivity contribution >= 4 is 0 Å². The van der Waals surface area contributed by atoms with Crippen LogP contribution in [0.1, 0.15) is 130 Å². The zero-order chi connectivity index (χ0) is 57.0. The van der Waals surface area contributed by atoms with Crippen LogP contribution in [0, 0.1) is 44.3 Å². The first-order valence-corrected chi connectivity index (χ1v) is 28.3. The van der Waals surface area contributed by atoms with Crippen molar-refractivity contribution in [1.29, 1.82) is 0 Å². The second kappa shape index (κ2) is 40.4. The monoisotopic (exact) mass is 1110 g/mol. The fourth-order valence-corrected chi connectivity index (χ4v) is 9.49. The summed E-state index contributed by atoms with van der Waals surface area (Å²) in [7, 11) is 0. The first-order chi connectivity index (χ1) is 36.6. The van der Waals surface area contributed by atoms with Crippen LogP contribution in [0.3, 0.4) is 0 Å². The predicted molar refractivity (Wildman–Crippen MR) is 284 cm³/mol. The van der Waals surface area contributed by atoms with Gasteiger partial charge >= 0.3 is 0 Å². The van der Waals surface area contributed by atoms with E-state index in [2.05, 4.69) is 0 Å². The Labute approximate surface area is 454 Å². The van der Waals surface area contributed by atoms with Crippen molar-refractivity contribution in [2.75, 3.05) is 152 Å². The van der Waals surface area contributed by atoms with Gasteiger partial charge in [0.25, 0.3) is 0 Å². The molecule has 3 fully saturated rings. The lowest BCUT2D eigenvalue weighted by atomic mass is 9.82. The van der Waals surface area contributed by atoms with Gasteiger partial charge in [-0.2, -0.15) is 0 Å². The second-order valence-electron chi connectivity index (χ2n) is 23.2. The van der Waals surface area contributed by atoms with Gasteiger partial charge in [0.1, 0.15) is 0 Å². The van der Waals surface area contributed by atoms with E-state index in [9.17, 15) is 76.6 Å². The molecule has 0 saturated heterocycles. The summed E-state index contributed by atoms with van der Waals surface area (Å²) in [6, 6.07) is 0. The molecule has 0 bridgehead atoms. The lowest BCUT2D eigenvalue weighted by Crippen LogP contribution is -2.42. The SMILES string of the molecule is CCC(CO)(CO)COCC1CCC(COCC(CO)(CO)CO)CC1.CCCC(CO)(CO)COC1CCC(OCC(CO)(CO)CCC)CC1.OCC(CO)(CO)COC1CCC(OCC(CO)(CO)CO)CC1. The van der Waals surface area contributed by atoms with E-state index in [1.807, 2.05) is 20.8 Å². The van der Waals surface area contributed by atoms with Crippen LogP contribution in [-0.4, -0.2) is 253 Å². The summed E-state index contributed by atoms with van der Waals surface area (Å²) in [6.45, 7) is 5.42. The van der Waals surface area contributed by atoms with Crippen molar-refractivity contribution in [3.8, 4) is 0 Å². The Morgan fingerprint density at radius 2 is 0.487 bits per heavy atom. The number of ether oxygens (including phenoxy) is 6. The van der Waals surface area contributed by atoms with Crippen LogP contribution in [0.15, 0.2) is 0 Å². The van der Waals surface area contributed by atoms with Gasteiger partial charge in [-0.3, -0.25) is 0 Å². The molecule has 0 heterocycles. The molecule has 3 aliphatic rings. The average molecular weight is 1110 g/mol. The molecule has 0 aromatic heterocycles. The van der Waals surface area contributed by atoms with E-state index in [1.165, 1.54) is 0 Å². The first kappa shape index (κ1) is 73.2.